The van der Waals surface area contributed by atoms with Gasteiger partial charge in [-0.1, -0.05) is 6.07 Å². The van der Waals surface area contributed by atoms with Crippen LogP contribution < -0.4 is 0 Å². The Morgan fingerprint density at radius 2 is 2.20 bits per heavy atom. The molecule has 2 aliphatic heterocycles. The van der Waals surface area contributed by atoms with E-state index in [-0.39, 0.29) is 17.3 Å². The van der Waals surface area contributed by atoms with Crippen LogP contribution in [0.2, 0.25) is 0 Å². The maximum atomic E-state index is 12.7. The van der Waals surface area contributed by atoms with Gasteiger partial charge < -0.3 is 4.74 Å². The van der Waals surface area contributed by atoms with Crippen LogP contribution in [0, 0.1) is 12.8 Å². The molecular formula is C16H21NO2S. The molecule has 2 aliphatic rings. The van der Waals surface area contributed by atoms with Gasteiger partial charge in [-0.2, -0.15) is 11.8 Å². The molecule has 0 amide bonds. The maximum absolute atomic E-state index is 12.7. The summed E-state index contributed by atoms with van der Waals surface area (Å²) in [6.45, 7) is 2.65. The summed E-state index contributed by atoms with van der Waals surface area (Å²) in [4.78, 5) is 17.0. The van der Waals surface area contributed by atoms with E-state index in [1.807, 2.05) is 36.9 Å². The standard InChI is InChI=1S/C16H21NO2S/c1-12-3-2-4-14(17-12)15(18)13-5-8-19-16(11-13)6-9-20-10-7-16/h2-4,13H,5-11H2,1H3. The number of hydrogen-bond acceptors (Lipinski definition) is 4. The molecule has 108 valence electrons. The highest BCUT2D eigenvalue weighted by Crippen LogP contribution is 2.40. The molecule has 0 aromatic carbocycles. The third-order valence-corrected chi connectivity index (χ3v) is 5.39. The van der Waals surface area contributed by atoms with Crippen molar-refractivity contribution in [3.8, 4) is 0 Å². The van der Waals surface area contributed by atoms with Crippen LogP contribution >= 0.6 is 11.8 Å². The van der Waals surface area contributed by atoms with Crippen molar-refractivity contribution in [2.45, 2.75) is 38.2 Å². The van der Waals surface area contributed by atoms with Crippen molar-refractivity contribution < 1.29 is 9.53 Å². The van der Waals surface area contributed by atoms with Gasteiger partial charge in [0.05, 0.1) is 5.60 Å². The number of carbonyl (C=O) groups is 1. The van der Waals surface area contributed by atoms with Gasteiger partial charge in [-0.05, 0) is 56.2 Å². The minimum absolute atomic E-state index is 0.0341. The van der Waals surface area contributed by atoms with E-state index >= 15 is 0 Å². The lowest BCUT2D eigenvalue weighted by molar-refractivity contribution is -0.0960. The minimum Gasteiger partial charge on any atom is -0.375 e. The molecule has 3 rings (SSSR count). The molecule has 1 atom stereocenters. The number of Topliss-reactive ketones (excluding diaryl/α,β-unsaturated/α-hetero) is 1. The van der Waals surface area contributed by atoms with Gasteiger partial charge in [0, 0.05) is 18.2 Å². The average molecular weight is 291 g/mol. The van der Waals surface area contributed by atoms with Crippen LogP contribution in [0.1, 0.15) is 41.9 Å². The number of ether oxygens (including phenoxy) is 1. The van der Waals surface area contributed by atoms with Gasteiger partial charge in [-0.25, -0.2) is 0 Å². The molecule has 3 nitrogen and oxygen atoms in total. The van der Waals surface area contributed by atoms with Crippen molar-refractivity contribution in [3.05, 3.63) is 29.6 Å². The van der Waals surface area contributed by atoms with E-state index in [2.05, 4.69) is 4.98 Å². The summed E-state index contributed by atoms with van der Waals surface area (Å²) >= 11 is 1.99. The number of nitrogens with zero attached hydrogens (tertiary/aromatic N) is 1. The highest BCUT2D eigenvalue weighted by atomic mass is 32.2. The maximum Gasteiger partial charge on any atom is 0.184 e. The van der Waals surface area contributed by atoms with Crippen molar-refractivity contribution in [3.63, 3.8) is 0 Å². The SMILES string of the molecule is Cc1cccc(C(=O)C2CCOC3(CCSCC3)C2)n1. The van der Waals surface area contributed by atoms with E-state index in [1.54, 1.807) is 0 Å². The number of rotatable bonds is 2. The third-order valence-electron chi connectivity index (χ3n) is 4.41. The Hall–Kier alpha value is -0.870. The second-order valence-corrected chi connectivity index (χ2v) is 7.09. The molecule has 2 fully saturated rings. The Kier molecular flexibility index (Phi) is 4.13. The molecule has 1 aromatic rings. The number of ketones is 1. The first-order valence-electron chi connectivity index (χ1n) is 7.38. The molecule has 1 unspecified atom stereocenters. The molecule has 0 radical (unpaired) electrons. The predicted octanol–water partition coefficient (Wildman–Crippen LogP) is 3.27. The fraction of sp³-hybridized carbons (Fsp3) is 0.625. The number of aryl methyl sites for hydroxylation is 1. The topological polar surface area (TPSA) is 39.2 Å². The van der Waals surface area contributed by atoms with Crippen LogP contribution in [0.3, 0.4) is 0 Å². The summed E-state index contributed by atoms with van der Waals surface area (Å²) < 4.78 is 6.06. The van der Waals surface area contributed by atoms with Gasteiger partial charge in [0.25, 0.3) is 0 Å². The summed E-state index contributed by atoms with van der Waals surface area (Å²) in [6.07, 6.45) is 3.89. The highest BCUT2D eigenvalue weighted by Gasteiger charge is 2.41. The van der Waals surface area contributed by atoms with Crippen molar-refractivity contribution >= 4 is 17.5 Å². The molecule has 2 saturated heterocycles. The minimum atomic E-state index is -0.0341. The Bertz CT molecular complexity index is 491. The van der Waals surface area contributed by atoms with Gasteiger partial charge in [0.1, 0.15) is 5.69 Å². The molecule has 0 N–H and O–H groups in total. The second-order valence-electron chi connectivity index (χ2n) is 5.86. The van der Waals surface area contributed by atoms with Crippen molar-refractivity contribution in [1.29, 1.82) is 0 Å². The summed E-state index contributed by atoms with van der Waals surface area (Å²) in [6, 6.07) is 5.69. The average Bonchev–Trinajstić information content (AvgIpc) is 2.47. The molecule has 4 heteroatoms. The van der Waals surface area contributed by atoms with Crippen molar-refractivity contribution in [2.24, 2.45) is 5.92 Å². The van der Waals surface area contributed by atoms with Crippen molar-refractivity contribution in [2.75, 3.05) is 18.1 Å². The van der Waals surface area contributed by atoms with Gasteiger partial charge in [-0.3, -0.25) is 9.78 Å². The van der Waals surface area contributed by atoms with E-state index in [9.17, 15) is 4.79 Å². The number of aromatic nitrogens is 1. The number of thioether (sulfide) groups is 1. The summed E-state index contributed by atoms with van der Waals surface area (Å²) in [5.41, 5.74) is 1.50. The van der Waals surface area contributed by atoms with Gasteiger partial charge in [0.2, 0.25) is 0 Å². The monoisotopic (exact) mass is 291 g/mol. The first-order chi connectivity index (χ1) is 9.69. The van der Waals surface area contributed by atoms with Gasteiger partial charge >= 0.3 is 0 Å². The molecule has 0 bridgehead atoms. The van der Waals surface area contributed by atoms with Crippen LogP contribution in [0.15, 0.2) is 18.2 Å². The smallest absolute Gasteiger partial charge is 0.184 e. The van der Waals surface area contributed by atoms with E-state index in [0.29, 0.717) is 12.3 Å². The molecule has 0 saturated carbocycles. The van der Waals surface area contributed by atoms with Gasteiger partial charge in [0.15, 0.2) is 5.78 Å². The van der Waals surface area contributed by atoms with Gasteiger partial charge in [-0.15, -0.1) is 0 Å². The van der Waals surface area contributed by atoms with E-state index in [0.717, 1.165) is 42.9 Å². The Morgan fingerprint density at radius 1 is 1.40 bits per heavy atom. The Balaban J connectivity index is 1.74. The van der Waals surface area contributed by atoms with E-state index < -0.39 is 0 Å². The molecule has 1 spiro atoms. The Morgan fingerprint density at radius 3 is 2.95 bits per heavy atom. The fourth-order valence-corrected chi connectivity index (χ4v) is 4.47. The zero-order valence-corrected chi connectivity index (χ0v) is 12.7. The van der Waals surface area contributed by atoms with E-state index in [1.165, 1.54) is 0 Å². The lowest BCUT2D eigenvalue weighted by atomic mass is 9.79. The molecule has 3 heterocycles. The normalized spacial score (nSPS) is 25.6. The first-order valence-corrected chi connectivity index (χ1v) is 8.54. The Labute approximate surface area is 124 Å². The lowest BCUT2D eigenvalue weighted by Crippen LogP contribution is -2.44. The van der Waals surface area contributed by atoms with Crippen molar-refractivity contribution in [1.82, 2.24) is 4.98 Å². The van der Waals surface area contributed by atoms with Crippen LogP contribution in [0.25, 0.3) is 0 Å². The van der Waals surface area contributed by atoms with Crippen LogP contribution in [0.4, 0.5) is 0 Å². The van der Waals surface area contributed by atoms with Crippen LogP contribution in [-0.4, -0.2) is 34.5 Å². The zero-order chi connectivity index (χ0) is 14.0. The number of hydrogen-bond donors (Lipinski definition) is 0. The largest absolute Gasteiger partial charge is 0.375 e. The van der Waals surface area contributed by atoms with Crippen LogP contribution in [0.5, 0.6) is 0 Å². The number of carbonyl (C=O) groups excluding carboxylic acids is 1. The molecule has 20 heavy (non-hydrogen) atoms. The highest BCUT2D eigenvalue weighted by molar-refractivity contribution is 7.99. The fourth-order valence-electron chi connectivity index (χ4n) is 3.23. The molecule has 0 aliphatic carbocycles. The summed E-state index contributed by atoms with van der Waals surface area (Å²) in [5, 5.41) is 0. The predicted molar refractivity (Wildman–Crippen MR) is 81.3 cm³/mol. The third kappa shape index (κ3) is 2.91. The second kappa shape index (κ2) is 5.86. The first kappa shape index (κ1) is 14.1. The van der Waals surface area contributed by atoms with Crippen LogP contribution in [-0.2, 0) is 4.74 Å². The molecule has 1 aromatic heterocycles. The number of pyridine rings is 1. The summed E-state index contributed by atoms with van der Waals surface area (Å²) in [5.74, 6) is 2.60. The molecular weight excluding hydrogens is 270 g/mol. The lowest BCUT2D eigenvalue weighted by Gasteiger charge is -2.42. The van der Waals surface area contributed by atoms with E-state index in [4.69, 9.17) is 4.74 Å². The summed E-state index contributed by atoms with van der Waals surface area (Å²) in [7, 11) is 0. The zero-order valence-electron chi connectivity index (χ0n) is 11.9. The quantitative estimate of drug-likeness (QED) is 0.784.